The quantitative estimate of drug-likeness (QED) is 0.672. The molecule has 5 rings (SSSR count). The van der Waals surface area contributed by atoms with Crippen molar-refractivity contribution >= 4 is 22.6 Å². The monoisotopic (exact) mass is 384 g/mol. The molecule has 1 saturated heterocycles. The van der Waals surface area contributed by atoms with Crippen LogP contribution in [0.5, 0.6) is 0 Å². The summed E-state index contributed by atoms with van der Waals surface area (Å²) in [7, 11) is 0. The third kappa shape index (κ3) is 3.00. The number of rotatable bonds is 2. The van der Waals surface area contributed by atoms with Crippen molar-refractivity contribution < 1.29 is 9.59 Å². The SMILES string of the molecule is CC1CN(C(=O)c2ccccc2)CCN1C(=O)c1ccc2c3c(cccc13)CC2. The summed E-state index contributed by atoms with van der Waals surface area (Å²) >= 11 is 0. The molecular weight excluding hydrogens is 360 g/mol. The molecule has 1 fully saturated rings. The number of hydrogen-bond acceptors (Lipinski definition) is 2. The second kappa shape index (κ2) is 7.03. The lowest BCUT2D eigenvalue weighted by molar-refractivity contribution is 0.0415. The molecule has 3 aromatic carbocycles. The molecule has 0 saturated carbocycles. The van der Waals surface area contributed by atoms with E-state index < -0.39 is 0 Å². The first-order valence-corrected chi connectivity index (χ1v) is 10.3. The van der Waals surface area contributed by atoms with Crippen LogP contribution in [0.15, 0.2) is 60.7 Å². The maximum Gasteiger partial charge on any atom is 0.254 e. The van der Waals surface area contributed by atoms with Gasteiger partial charge in [-0.05, 0) is 59.9 Å². The van der Waals surface area contributed by atoms with E-state index in [0.29, 0.717) is 25.2 Å². The fourth-order valence-electron chi connectivity index (χ4n) is 4.80. The highest BCUT2D eigenvalue weighted by Gasteiger charge is 2.31. The highest BCUT2D eigenvalue weighted by atomic mass is 16.2. The largest absolute Gasteiger partial charge is 0.335 e. The Balaban J connectivity index is 1.39. The Morgan fingerprint density at radius 2 is 1.59 bits per heavy atom. The van der Waals surface area contributed by atoms with Gasteiger partial charge in [-0.2, -0.15) is 0 Å². The molecule has 146 valence electrons. The van der Waals surface area contributed by atoms with Gasteiger partial charge in [-0.15, -0.1) is 0 Å². The van der Waals surface area contributed by atoms with Gasteiger partial charge < -0.3 is 9.80 Å². The predicted molar refractivity (Wildman–Crippen MR) is 114 cm³/mol. The fourth-order valence-corrected chi connectivity index (χ4v) is 4.80. The van der Waals surface area contributed by atoms with Gasteiger partial charge in [-0.25, -0.2) is 0 Å². The maximum absolute atomic E-state index is 13.4. The van der Waals surface area contributed by atoms with Crippen molar-refractivity contribution in [1.82, 2.24) is 9.80 Å². The van der Waals surface area contributed by atoms with Gasteiger partial charge in [-0.1, -0.05) is 42.5 Å². The van der Waals surface area contributed by atoms with E-state index in [1.165, 1.54) is 16.5 Å². The molecule has 3 aromatic rings. The first kappa shape index (κ1) is 17.9. The average Bonchev–Trinajstić information content (AvgIpc) is 3.18. The minimum Gasteiger partial charge on any atom is -0.335 e. The van der Waals surface area contributed by atoms with E-state index in [-0.39, 0.29) is 17.9 Å². The highest BCUT2D eigenvalue weighted by molar-refractivity contribution is 6.09. The van der Waals surface area contributed by atoms with Gasteiger partial charge in [0.15, 0.2) is 0 Å². The van der Waals surface area contributed by atoms with E-state index in [2.05, 4.69) is 24.3 Å². The van der Waals surface area contributed by atoms with Crippen molar-refractivity contribution in [2.24, 2.45) is 0 Å². The van der Waals surface area contributed by atoms with Crippen molar-refractivity contribution in [3.8, 4) is 0 Å². The van der Waals surface area contributed by atoms with Gasteiger partial charge in [0.05, 0.1) is 0 Å². The third-order valence-electron chi connectivity index (χ3n) is 6.30. The zero-order chi connectivity index (χ0) is 20.0. The van der Waals surface area contributed by atoms with Crippen LogP contribution in [0.1, 0.15) is 38.8 Å². The molecule has 29 heavy (non-hydrogen) atoms. The number of nitrogens with zero attached hydrogens (tertiary/aromatic N) is 2. The van der Waals surface area contributed by atoms with Crippen LogP contribution in [-0.4, -0.2) is 47.3 Å². The molecular formula is C25H24N2O2. The number of piperazine rings is 1. The molecule has 4 heteroatoms. The lowest BCUT2D eigenvalue weighted by Crippen LogP contribution is -2.55. The summed E-state index contributed by atoms with van der Waals surface area (Å²) in [6, 6.07) is 19.7. The number of carbonyl (C=O) groups excluding carboxylic acids is 2. The number of benzene rings is 3. The van der Waals surface area contributed by atoms with E-state index in [4.69, 9.17) is 0 Å². The third-order valence-corrected chi connectivity index (χ3v) is 6.30. The van der Waals surface area contributed by atoms with Crippen molar-refractivity contribution in [1.29, 1.82) is 0 Å². The summed E-state index contributed by atoms with van der Waals surface area (Å²) in [6.07, 6.45) is 2.11. The summed E-state index contributed by atoms with van der Waals surface area (Å²) in [5, 5.41) is 2.33. The van der Waals surface area contributed by atoms with Crippen LogP contribution >= 0.6 is 0 Å². The lowest BCUT2D eigenvalue weighted by atomic mass is 9.98. The molecule has 0 N–H and O–H groups in total. The van der Waals surface area contributed by atoms with E-state index in [0.717, 1.165) is 23.8 Å². The lowest BCUT2D eigenvalue weighted by Gasteiger charge is -2.40. The number of aryl methyl sites for hydroxylation is 2. The molecule has 2 amide bonds. The van der Waals surface area contributed by atoms with E-state index in [1.54, 1.807) is 0 Å². The van der Waals surface area contributed by atoms with Gasteiger partial charge in [-0.3, -0.25) is 9.59 Å². The Bertz CT molecular complexity index is 1100. The fraction of sp³-hybridized carbons (Fsp3) is 0.280. The molecule has 1 aliphatic carbocycles. The normalized spacial score (nSPS) is 18.3. The first-order chi connectivity index (χ1) is 14.1. The number of amides is 2. The van der Waals surface area contributed by atoms with Crippen molar-refractivity contribution in [2.45, 2.75) is 25.8 Å². The van der Waals surface area contributed by atoms with Crippen LogP contribution in [0.4, 0.5) is 0 Å². The summed E-state index contributed by atoms with van der Waals surface area (Å²) < 4.78 is 0. The van der Waals surface area contributed by atoms with Gasteiger partial charge >= 0.3 is 0 Å². The molecule has 4 nitrogen and oxygen atoms in total. The Labute approximate surface area is 170 Å². The van der Waals surface area contributed by atoms with Gasteiger partial charge in [0.1, 0.15) is 0 Å². The van der Waals surface area contributed by atoms with Crippen LogP contribution in [0.25, 0.3) is 10.8 Å². The summed E-state index contributed by atoms with van der Waals surface area (Å²) in [5.74, 6) is 0.106. The smallest absolute Gasteiger partial charge is 0.254 e. The standard InChI is InChI=1S/C25H24N2O2/c1-17-16-26(24(28)20-6-3-2-4-7-20)14-15-27(17)25(29)22-13-12-19-11-10-18-8-5-9-21(22)23(18)19/h2-9,12-13,17H,10-11,14-16H2,1H3. The second-order valence-corrected chi connectivity index (χ2v) is 8.08. The Morgan fingerprint density at radius 3 is 2.34 bits per heavy atom. The topological polar surface area (TPSA) is 40.6 Å². The Kier molecular flexibility index (Phi) is 4.35. The van der Waals surface area contributed by atoms with Crippen LogP contribution < -0.4 is 0 Å². The van der Waals surface area contributed by atoms with Crippen LogP contribution in [0.3, 0.4) is 0 Å². The Hall–Kier alpha value is -3.14. The molecule has 0 aromatic heterocycles. The Morgan fingerprint density at radius 1 is 0.828 bits per heavy atom. The van der Waals surface area contributed by atoms with Crippen molar-refractivity contribution in [2.75, 3.05) is 19.6 Å². The zero-order valence-electron chi connectivity index (χ0n) is 16.6. The molecule has 1 heterocycles. The summed E-state index contributed by atoms with van der Waals surface area (Å²) in [6.45, 7) is 3.70. The van der Waals surface area contributed by atoms with Gasteiger partial charge in [0, 0.05) is 36.8 Å². The molecule has 1 atom stereocenters. The van der Waals surface area contributed by atoms with Crippen LogP contribution in [-0.2, 0) is 12.8 Å². The molecule has 0 spiro atoms. The summed E-state index contributed by atoms with van der Waals surface area (Å²) in [4.78, 5) is 30.0. The second-order valence-electron chi connectivity index (χ2n) is 8.08. The van der Waals surface area contributed by atoms with Crippen LogP contribution in [0.2, 0.25) is 0 Å². The van der Waals surface area contributed by atoms with Crippen molar-refractivity contribution in [3.05, 3.63) is 82.9 Å². The zero-order valence-corrected chi connectivity index (χ0v) is 16.6. The van der Waals surface area contributed by atoms with Gasteiger partial charge in [0.2, 0.25) is 0 Å². The number of carbonyl (C=O) groups is 2. The molecule has 2 aliphatic rings. The molecule has 1 unspecified atom stereocenters. The van der Waals surface area contributed by atoms with E-state index in [9.17, 15) is 9.59 Å². The number of hydrogen-bond donors (Lipinski definition) is 0. The van der Waals surface area contributed by atoms with Gasteiger partial charge in [0.25, 0.3) is 11.8 Å². The minimum atomic E-state index is -0.0213. The maximum atomic E-state index is 13.4. The van der Waals surface area contributed by atoms with E-state index in [1.807, 2.05) is 53.1 Å². The predicted octanol–water partition coefficient (Wildman–Crippen LogP) is 3.93. The highest BCUT2D eigenvalue weighted by Crippen LogP contribution is 2.33. The average molecular weight is 384 g/mol. The minimum absolute atomic E-state index is 0.0213. The van der Waals surface area contributed by atoms with E-state index >= 15 is 0 Å². The molecule has 0 radical (unpaired) electrons. The van der Waals surface area contributed by atoms with Crippen molar-refractivity contribution in [3.63, 3.8) is 0 Å². The first-order valence-electron chi connectivity index (χ1n) is 10.3. The van der Waals surface area contributed by atoms with Crippen LogP contribution in [0, 0.1) is 0 Å². The molecule has 1 aliphatic heterocycles. The summed E-state index contributed by atoms with van der Waals surface area (Å²) in [5.41, 5.74) is 4.17. The molecule has 0 bridgehead atoms.